The normalized spacial score (nSPS) is 10.4. The Morgan fingerprint density at radius 1 is 1.14 bits per heavy atom. The summed E-state index contributed by atoms with van der Waals surface area (Å²) in [5, 5.41) is 8.47. The number of hydrogen-bond donors (Lipinski definition) is 2. The molecule has 1 aromatic carbocycles. The van der Waals surface area contributed by atoms with Gasteiger partial charge in [0.2, 0.25) is 0 Å². The molecular weight excluding hydrogens is 203 g/mol. The van der Waals surface area contributed by atoms with E-state index in [9.17, 15) is 13.2 Å². The summed E-state index contributed by atoms with van der Waals surface area (Å²) in [4.78, 5) is 10.0. The summed E-state index contributed by atoms with van der Waals surface area (Å²) in [6.45, 7) is 0. The van der Waals surface area contributed by atoms with E-state index in [1.165, 1.54) is 0 Å². The van der Waals surface area contributed by atoms with E-state index in [2.05, 4.69) is 0 Å². The van der Waals surface area contributed by atoms with Crippen LogP contribution in [-0.2, 0) is 10.1 Å². The molecule has 0 radical (unpaired) electrons. The van der Waals surface area contributed by atoms with Crippen LogP contribution < -0.4 is 0 Å². The van der Waals surface area contributed by atoms with Crippen LogP contribution in [0.3, 0.4) is 0 Å². The Bertz CT molecular complexity index is 422. The Morgan fingerprint density at radius 3 is 1.86 bits per heavy atom. The van der Waals surface area contributed by atoms with E-state index in [-0.39, 0.29) is 29.3 Å². The van der Waals surface area contributed by atoms with Gasteiger partial charge in [-0.1, -0.05) is 0 Å². The van der Waals surface area contributed by atoms with Crippen LogP contribution in [0.15, 0.2) is 29.2 Å². The van der Waals surface area contributed by atoms with Crippen LogP contribution in [0.2, 0.25) is 0 Å². The number of carboxylic acid groups (broad SMARTS) is 1. The van der Waals surface area contributed by atoms with Crippen molar-refractivity contribution in [3.8, 4) is 0 Å². The van der Waals surface area contributed by atoms with Crippen LogP contribution in [0.1, 0.15) is 10.4 Å². The van der Waals surface area contributed by atoms with Gasteiger partial charge in [0.1, 0.15) is 0 Å². The summed E-state index contributed by atoms with van der Waals surface area (Å²) >= 11 is 0. The van der Waals surface area contributed by atoms with Gasteiger partial charge in [0, 0.05) is 0 Å². The van der Waals surface area contributed by atoms with E-state index in [0.717, 1.165) is 24.3 Å². The molecule has 5 nitrogen and oxygen atoms in total. The van der Waals surface area contributed by atoms with Crippen molar-refractivity contribution < 1.29 is 22.9 Å². The molecule has 0 heterocycles. The predicted molar refractivity (Wildman–Crippen MR) is 50.4 cm³/mol. The number of carbonyl (C=O) groups is 1. The van der Waals surface area contributed by atoms with Crippen molar-refractivity contribution in [3.63, 3.8) is 0 Å². The molecule has 0 aliphatic rings. The summed E-state index contributed by atoms with van der Waals surface area (Å²) in [6, 6.07) is 4.26. The second-order valence-corrected chi connectivity index (χ2v) is 3.73. The van der Waals surface area contributed by atoms with Gasteiger partial charge in [-0.3, -0.25) is 4.55 Å². The molecule has 0 saturated heterocycles. The zero-order valence-electron chi connectivity index (χ0n) is 6.34. The van der Waals surface area contributed by atoms with Gasteiger partial charge in [-0.2, -0.15) is 8.42 Å². The molecule has 2 N–H and O–H groups in total. The molecule has 1 aromatic rings. The van der Waals surface area contributed by atoms with Crippen LogP contribution in [0, 0.1) is 0 Å². The second-order valence-electron chi connectivity index (χ2n) is 2.30. The zero-order chi connectivity index (χ0) is 10.1. The monoisotopic (exact) mass is 210 g/mol. The van der Waals surface area contributed by atoms with E-state index < -0.39 is 16.1 Å². The zero-order valence-corrected chi connectivity index (χ0v) is 7.15. The van der Waals surface area contributed by atoms with Gasteiger partial charge < -0.3 is 5.11 Å². The van der Waals surface area contributed by atoms with E-state index in [4.69, 9.17) is 9.66 Å². The van der Waals surface area contributed by atoms with Crippen molar-refractivity contribution in [2.45, 2.75) is 4.90 Å². The SMILES string of the molecule is O=C(O)c1ccc(S(=O)(=O)O)cc1.[LiH]. The standard InChI is InChI=1S/C7H6O5S.Li.H/c8-7(9)5-1-3-6(4-2-5)13(10,11)12;;/h1-4H,(H,8,9)(H,10,11,12);;. The molecule has 72 valence electrons. The number of benzene rings is 1. The maximum absolute atomic E-state index is 10.5. The molecule has 0 aliphatic heterocycles. The van der Waals surface area contributed by atoms with Crippen molar-refractivity contribution in [2.75, 3.05) is 0 Å². The summed E-state index contributed by atoms with van der Waals surface area (Å²) < 4.78 is 29.6. The quantitative estimate of drug-likeness (QED) is 0.528. The summed E-state index contributed by atoms with van der Waals surface area (Å²) in [7, 11) is -4.24. The van der Waals surface area contributed by atoms with Crippen molar-refractivity contribution >= 4 is 34.9 Å². The first kappa shape index (κ1) is 13.2. The van der Waals surface area contributed by atoms with Gasteiger partial charge >= 0.3 is 24.8 Å². The van der Waals surface area contributed by atoms with Gasteiger partial charge in [-0.05, 0) is 24.3 Å². The molecule has 0 amide bonds. The first-order valence-corrected chi connectivity index (χ1v) is 4.66. The molecule has 1 rings (SSSR count). The van der Waals surface area contributed by atoms with Crippen molar-refractivity contribution in [1.82, 2.24) is 0 Å². The molecule has 0 atom stereocenters. The fourth-order valence-corrected chi connectivity index (χ4v) is 1.25. The molecule has 0 fully saturated rings. The third-order valence-electron chi connectivity index (χ3n) is 1.40. The summed E-state index contributed by atoms with van der Waals surface area (Å²) in [6.07, 6.45) is 0. The molecular formula is C7H7LiO5S. The molecule has 0 aliphatic carbocycles. The maximum atomic E-state index is 10.5. The molecule has 0 spiro atoms. The van der Waals surface area contributed by atoms with Crippen LogP contribution >= 0.6 is 0 Å². The Morgan fingerprint density at radius 2 is 1.57 bits per heavy atom. The number of rotatable bonds is 2. The fraction of sp³-hybridized carbons (Fsp3) is 0. The minimum absolute atomic E-state index is 0. The van der Waals surface area contributed by atoms with Crippen LogP contribution in [-0.4, -0.2) is 42.9 Å². The molecule has 7 heteroatoms. The fourth-order valence-electron chi connectivity index (χ4n) is 0.769. The van der Waals surface area contributed by atoms with Crippen LogP contribution in [0.4, 0.5) is 0 Å². The average molecular weight is 210 g/mol. The first-order chi connectivity index (χ1) is 5.91. The van der Waals surface area contributed by atoms with E-state index in [1.54, 1.807) is 0 Å². The molecule has 0 bridgehead atoms. The third kappa shape index (κ3) is 3.16. The first-order valence-electron chi connectivity index (χ1n) is 3.22. The second kappa shape index (κ2) is 4.62. The van der Waals surface area contributed by atoms with Crippen molar-refractivity contribution in [3.05, 3.63) is 29.8 Å². The number of hydrogen-bond acceptors (Lipinski definition) is 3. The van der Waals surface area contributed by atoms with Gasteiger partial charge in [0.15, 0.2) is 0 Å². The van der Waals surface area contributed by atoms with Gasteiger partial charge in [0.25, 0.3) is 10.1 Å². The Hall–Kier alpha value is -0.803. The third-order valence-corrected chi connectivity index (χ3v) is 2.27. The Labute approximate surface area is 92.7 Å². The number of aromatic carboxylic acids is 1. The van der Waals surface area contributed by atoms with Crippen molar-refractivity contribution in [1.29, 1.82) is 0 Å². The van der Waals surface area contributed by atoms with Crippen molar-refractivity contribution in [2.24, 2.45) is 0 Å². The minimum atomic E-state index is -4.24. The van der Waals surface area contributed by atoms with E-state index in [0.29, 0.717) is 0 Å². The topological polar surface area (TPSA) is 91.7 Å². The Balaban J connectivity index is 0.00000169. The number of carboxylic acids is 1. The summed E-state index contributed by atoms with van der Waals surface area (Å²) in [5.41, 5.74) is -0.0348. The molecule has 14 heavy (non-hydrogen) atoms. The molecule has 0 saturated carbocycles. The van der Waals surface area contributed by atoms with Gasteiger partial charge in [-0.15, -0.1) is 0 Å². The van der Waals surface area contributed by atoms with E-state index in [1.807, 2.05) is 0 Å². The average Bonchev–Trinajstić information content (AvgIpc) is 2.03. The van der Waals surface area contributed by atoms with Gasteiger partial charge in [0.05, 0.1) is 10.5 Å². The van der Waals surface area contributed by atoms with Gasteiger partial charge in [-0.25, -0.2) is 4.79 Å². The molecule has 0 unspecified atom stereocenters. The predicted octanol–water partition coefficient (Wildman–Crippen LogP) is -0.0170. The van der Waals surface area contributed by atoms with Crippen LogP contribution in [0.5, 0.6) is 0 Å². The summed E-state index contributed by atoms with van der Waals surface area (Å²) in [5.74, 6) is -1.15. The van der Waals surface area contributed by atoms with E-state index >= 15 is 0 Å². The Kier molecular flexibility index (Phi) is 4.35. The van der Waals surface area contributed by atoms with Crippen LogP contribution in [0.25, 0.3) is 0 Å². The molecule has 0 aromatic heterocycles.